The van der Waals surface area contributed by atoms with Crippen LogP contribution >= 0.6 is 11.3 Å². The van der Waals surface area contributed by atoms with Crippen molar-refractivity contribution in [3.8, 4) is 11.5 Å². The highest BCUT2D eigenvalue weighted by Crippen LogP contribution is 2.25. The van der Waals surface area contributed by atoms with Gasteiger partial charge in [0.25, 0.3) is 11.8 Å². The Kier molecular flexibility index (Phi) is 7.98. The van der Waals surface area contributed by atoms with Gasteiger partial charge in [-0.2, -0.15) is 0 Å². The molecule has 0 saturated carbocycles. The Labute approximate surface area is 174 Å². The molecule has 0 radical (unpaired) electrons. The topological polar surface area (TPSA) is 104 Å². The van der Waals surface area contributed by atoms with Crippen LogP contribution in [0.5, 0.6) is 11.5 Å². The number of methoxy groups -OCH3 is 1. The quantitative estimate of drug-likeness (QED) is 0.576. The number of nitrogens with one attached hydrogen (secondary N) is 2. The van der Waals surface area contributed by atoms with E-state index in [0.717, 1.165) is 17.9 Å². The number of amides is 2. The van der Waals surface area contributed by atoms with E-state index in [4.69, 9.17) is 4.74 Å². The van der Waals surface area contributed by atoms with Crippen LogP contribution in [-0.4, -0.2) is 59.1 Å². The van der Waals surface area contributed by atoms with Crippen LogP contribution in [0.25, 0.3) is 0 Å². The van der Waals surface area contributed by atoms with E-state index in [1.807, 2.05) is 0 Å². The van der Waals surface area contributed by atoms with Crippen LogP contribution < -0.4 is 15.4 Å². The second-order valence-corrected chi connectivity index (χ2v) is 7.91. The molecule has 1 aromatic carbocycles. The van der Waals surface area contributed by atoms with Crippen LogP contribution in [0.4, 0.5) is 5.13 Å². The number of carbonyl (C=O) groups excluding carboxylic acids is 2. The molecule has 0 aliphatic heterocycles. The van der Waals surface area contributed by atoms with Gasteiger partial charge in [0.05, 0.1) is 12.7 Å². The number of anilines is 1. The van der Waals surface area contributed by atoms with Crippen molar-refractivity contribution in [1.82, 2.24) is 15.2 Å². The summed E-state index contributed by atoms with van der Waals surface area (Å²) in [5.41, 5.74) is 0.333. The molecule has 2 aromatic rings. The van der Waals surface area contributed by atoms with E-state index in [2.05, 4.69) is 48.2 Å². The molecular formula is C20H28N4O4S. The summed E-state index contributed by atoms with van der Waals surface area (Å²) in [4.78, 5) is 31.1. The van der Waals surface area contributed by atoms with Crippen molar-refractivity contribution in [3.05, 3.63) is 34.8 Å². The van der Waals surface area contributed by atoms with Crippen molar-refractivity contribution in [2.75, 3.05) is 25.5 Å². The number of aromatic hydroxyl groups is 1. The Morgan fingerprint density at radius 2 is 1.90 bits per heavy atom. The summed E-state index contributed by atoms with van der Waals surface area (Å²) in [5, 5.41) is 17.3. The molecule has 8 nitrogen and oxygen atoms in total. The van der Waals surface area contributed by atoms with Gasteiger partial charge in [0, 0.05) is 36.6 Å². The van der Waals surface area contributed by atoms with Crippen molar-refractivity contribution < 1.29 is 19.4 Å². The predicted octanol–water partition coefficient (Wildman–Crippen LogP) is 2.96. The summed E-state index contributed by atoms with van der Waals surface area (Å²) >= 11 is 1.14. The first-order valence-corrected chi connectivity index (χ1v) is 10.3. The van der Waals surface area contributed by atoms with E-state index >= 15 is 0 Å². The summed E-state index contributed by atoms with van der Waals surface area (Å²) in [5.74, 6) is -0.561. The average Bonchev–Trinajstić information content (AvgIpc) is 3.12. The van der Waals surface area contributed by atoms with Crippen molar-refractivity contribution in [3.63, 3.8) is 0 Å². The highest BCUT2D eigenvalue weighted by atomic mass is 32.1. The molecule has 9 heteroatoms. The lowest BCUT2D eigenvalue weighted by Gasteiger charge is -2.30. The van der Waals surface area contributed by atoms with Crippen LogP contribution in [0.2, 0.25) is 0 Å². The molecule has 0 atom stereocenters. The second-order valence-electron chi connectivity index (χ2n) is 7.06. The molecular weight excluding hydrogens is 392 g/mol. The van der Waals surface area contributed by atoms with Crippen molar-refractivity contribution >= 4 is 28.3 Å². The zero-order valence-corrected chi connectivity index (χ0v) is 18.2. The van der Waals surface area contributed by atoms with Gasteiger partial charge < -0.3 is 15.2 Å². The highest BCUT2D eigenvalue weighted by Gasteiger charge is 2.17. The van der Waals surface area contributed by atoms with Gasteiger partial charge in [0.2, 0.25) is 0 Å². The van der Waals surface area contributed by atoms with Gasteiger partial charge in [0.15, 0.2) is 5.13 Å². The number of phenols is 1. The molecule has 0 aliphatic rings. The molecule has 0 aliphatic carbocycles. The highest BCUT2D eigenvalue weighted by molar-refractivity contribution is 7.14. The number of thiazole rings is 1. The first-order valence-electron chi connectivity index (χ1n) is 9.40. The fourth-order valence-corrected chi connectivity index (χ4v) is 3.62. The van der Waals surface area contributed by atoms with E-state index in [0.29, 0.717) is 24.4 Å². The van der Waals surface area contributed by atoms with Gasteiger partial charge in [-0.1, -0.05) is 0 Å². The largest absolute Gasteiger partial charge is 0.507 e. The molecule has 1 aromatic heterocycles. The lowest BCUT2D eigenvalue weighted by Crippen LogP contribution is -2.42. The van der Waals surface area contributed by atoms with E-state index in [-0.39, 0.29) is 28.0 Å². The van der Waals surface area contributed by atoms with Gasteiger partial charge in [-0.05, 0) is 39.8 Å². The van der Waals surface area contributed by atoms with Gasteiger partial charge in [0.1, 0.15) is 17.2 Å². The minimum atomic E-state index is -0.518. The smallest absolute Gasteiger partial charge is 0.270 e. The maximum absolute atomic E-state index is 12.3. The lowest BCUT2D eigenvalue weighted by atomic mass is 10.2. The number of hydrogen-bond acceptors (Lipinski definition) is 7. The Hall–Kier alpha value is -2.65. The minimum absolute atomic E-state index is 0.0921. The molecule has 158 valence electrons. The number of ether oxygens (including phenoxy) is 1. The van der Waals surface area contributed by atoms with Gasteiger partial charge in [-0.15, -0.1) is 11.3 Å². The molecule has 29 heavy (non-hydrogen) atoms. The van der Waals surface area contributed by atoms with Gasteiger partial charge in [-0.25, -0.2) is 4.98 Å². The Morgan fingerprint density at radius 1 is 1.21 bits per heavy atom. The molecule has 0 bridgehead atoms. The van der Waals surface area contributed by atoms with E-state index < -0.39 is 5.91 Å². The fourth-order valence-electron chi connectivity index (χ4n) is 2.93. The average molecular weight is 421 g/mol. The van der Waals surface area contributed by atoms with E-state index in [9.17, 15) is 14.7 Å². The molecule has 0 unspecified atom stereocenters. The monoisotopic (exact) mass is 420 g/mol. The maximum atomic E-state index is 12.3. The maximum Gasteiger partial charge on any atom is 0.270 e. The molecule has 0 fully saturated rings. The Bertz CT molecular complexity index is 843. The SMILES string of the molecule is COc1ccc(C(=O)Nc2nc(C(=O)NCCN(C(C)C)C(C)C)cs2)c(O)c1. The van der Waals surface area contributed by atoms with Gasteiger partial charge in [-0.3, -0.25) is 19.8 Å². The Balaban J connectivity index is 1.93. The van der Waals surface area contributed by atoms with Crippen molar-refractivity contribution in [2.45, 2.75) is 39.8 Å². The first-order chi connectivity index (χ1) is 13.7. The number of aromatic nitrogens is 1. The van der Waals surface area contributed by atoms with Crippen LogP contribution in [0.1, 0.15) is 48.5 Å². The summed E-state index contributed by atoms with van der Waals surface area (Å²) in [6.07, 6.45) is 0. The number of benzene rings is 1. The fraction of sp³-hybridized carbons (Fsp3) is 0.450. The zero-order chi connectivity index (χ0) is 21.6. The van der Waals surface area contributed by atoms with Crippen LogP contribution in [0.3, 0.4) is 0 Å². The predicted molar refractivity (Wildman–Crippen MR) is 114 cm³/mol. The molecule has 0 spiro atoms. The van der Waals surface area contributed by atoms with E-state index in [1.54, 1.807) is 11.4 Å². The molecule has 1 heterocycles. The number of carbonyl (C=O) groups is 2. The molecule has 2 amide bonds. The van der Waals surface area contributed by atoms with Crippen LogP contribution in [0, 0.1) is 0 Å². The summed E-state index contributed by atoms with van der Waals surface area (Å²) in [6.45, 7) is 9.74. The summed E-state index contributed by atoms with van der Waals surface area (Å²) in [6, 6.07) is 5.17. The number of phenolic OH excluding ortho intramolecular Hbond substituents is 1. The third kappa shape index (κ3) is 6.16. The van der Waals surface area contributed by atoms with Gasteiger partial charge >= 0.3 is 0 Å². The second kappa shape index (κ2) is 10.2. The first kappa shape index (κ1) is 22.6. The molecule has 2 rings (SSSR count). The molecule has 0 saturated heterocycles. The molecule has 3 N–H and O–H groups in total. The van der Waals surface area contributed by atoms with Crippen LogP contribution in [-0.2, 0) is 0 Å². The minimum Gasteiger partial charge on any atom is -0.507 e. The van der Waals surface area contributed by atoms with Crippen molar-refractivity contribution in [2.24, 2.45) is 0 Å². The van der Waals surface area contributed by atoms with Crippen molar-refractivity contribution in [1.29, 1.82) is 0 Å². The number of nitrogens with zero attached hydrogens (tertiary/aromatic N) is 2. The van der Waals surface area contributed by atoms with Crippen LogP contribution in [0.15, 0.2) is 23.6 Å². The third-order valence-electron chi connectivity index (χ3n) is 4.39. The standard InChI is InChI=1S/C20H28N4O4S/c1-12(2)24(13(3)4)9-8-21-19(27)16-11-29-20(22-16)23-18(26)15-7-6-14(28-5)10-17(15)25/h6-7,10-13,25H,8-9H2,1-5H3,(H,21,27)(H,22,23,26). The summed E-state index contributed by atoms with van der Waals surface area (Å²) in [7, 11) is 1.47. The number of rotatable bonds is 9. The zero-order valence-electron chi connectivity index (χ0n) is 17.4. The Morgan fingerprint density at radius 3 is 2.48 bits per heavy atom. The normalized spacial score (nSPS) is 11.2. The number of hydrogen-bond donors (Lipinski definition) is 3. The summed E-state index contributed by atoms with van der Waals surface area (Å²) < 4.78 is 5.00. The lowest BCUT2D eigenvalue weighted by molar-refractivity contribution is 0.0934. The third-order valence-corrected chi connectivity index (χ3v) is 5.15. The van der Waals surface area contributed by atoms with E-state index in [1.165, 1.54) is 19.2 Å².